The summed E-state index contributed by atoms with van der Waals surface area (Å²) < 4.78 is 6.96. The van der Waals surface area contributed by atoms with Gasteiger partial charge in [0.1, 0.15) is 5.82 Å². The number of ether oxygens (including phenoxy) is 1. The molecule has 1 atom stereocenters. The van der Waals surface area contributed by atoms with Gasteiger partial charge in [-0.05, 0) is 43.9 Å². The summed E-state index contributed by atoms with van der Waals surface area (Å²) in [6, 6.07) is 9.94. The Hall–Kier alpha value is -2.67. The number of methoxy groups -OCH3 is 1. The lowest BCUT2D eigenvalue weighted by Crippen LogP contribution is -2.42. The van der Waals surface area contributed by atoms with Crippen LogP contribution in [0.1, 0.15) is 78.0 Å². The number of aromatic nitrogens is 2. The van der Waals surface area contributed by atoms with E-state index in [0.717, 1.165) is 42.6 Å². The minimum atomic E-state index is -0.227. The number of rotatable bonds is 13. The van der Waals surface area contributed by atoms with Crippen LogP contribution < -0.4 is 5.32 Å². The number of nitrogens with zero attached hydrogens (tertiary/aromatic N) is 3. The van der Waals surface area contributed by atoms with Crippen molar-refractivity contribution >= 4 is 17.6 Å². The molecule has 194 valence electrons. The van der Waals surface area contributed by atoms with Gasteiger partial charge in [0, 0.05) is 37.7 Å². The van der Waals surface area contributed by atoms with E-state index in [1.54, 1.807) is 16.7 Å². The molecular weight excluding hydrogens is 440 g/mol. The predicted octanol–water partition coefficient (Wildman–Crippen LogP) is 5.50. The molecule has 2 aromatic rings. The van der Waals surface area contributed by atoms with Crippen molar-refractivity contribution < 1.29 is 14.3 Å². The average molecular weight is 485 g/mol. The van der Waals surface area contributed by atoms with E-state index in [1.165, 1.54) is 0 Å². The van der Waals surface area contributed by atoms with Crippen LogP contribution in [0.15, 0.2) is 30.3 Å². The molecule has 35 heavy (non-hydrogen) atoms. The summed E-state index contributed by atoms with van der Waals surface area (Å²) in [5, 5.41) is 7.83. The summed E-state index contributed by atoms with van der Waals surface area (Å²) >= 11 is 0. The van der Waals surface area contributed by atoms with Gasteiger partial charge >= 0.3 is 0 Å². The number of hydrogen-bond donors (Lipinski definition) is 1. The molecule has 1 unspecified atom stereocenters. The maximum absolute atomic E-state index is 13.3. The van der Waals surface area contributed by atoms with Gasteiger partial charge in [-0.2, -0.15) is 5.10 Å². The Balaban J connectivity index is 2.27. The number of carbonyl (C=O) groups excluding carboxylic acids is 2. The minimum absolute atomic E-state index is 0.00895. The number of hydrogen-bond acceptors (Lipinski definition) is 4. The van der Waals surface area contributed by atoms with Gasteiger partial charge in [-0.1, -0.05) is 59.6 Å². The van der Waals surface area contributed by atoms with Crippen LogP contribution in [-0.2, 0) is 19.7 Å². The molecule has 7 nitrogen and oxygen atoms in total. The van der Waals surface area contributed by atoms with Crippen LogP contribution >= 0.6 is 0 Å². The highest BCUT2D eigenvalue weighted by atomic mass is 16.5. The van der Waals surface area contributed by atoms with Gasteiger partial charge in [-0.15, -0.1) is 0 Å². The molecular formula is C28H44N4O3. The fraction of sp³-hybridized carbons (Fsp3) is 0.607. The quantitative estimate of drug-likeness (QED) is 0.381. The van der Waals surface area contributed by atoms with E-state index >= 15 is 0 Å². The van der Waals surface area contributed by atoms with E-state index in [-0.39, 0.29) is 29.7 Å². The van der Waals surface area contributed by atoms with Crippen molar-refractivity contribution in [1.82, 2.24) is 14.7 Å². The fourth-order valence-electron chi connectivity index (χ4n) is 4.03. The molecule has 0 aliphatic rings. The Morgan fingerprint density at radius 3 is 2.51 bits per heavy atom. The van der Waals surface area contributed by atoms with Gasteiger partial charge in [0.25, 0.3) is 0 Å². The van der Waals surface area contributed by atoms with Gasteiger partial charge in [-0.3, -0.25) is 9.59 Å². The highest BCUT2D eigenvalue weighted by molar-refractivity contribution is 5.94. The Morgan fingerprint density at radius 1 is 1.17 bits per heavy atom. The summed E-state index contributed by atoms with van der Waals surface area (Å²) in [7, 11) is 1.65. The van der Waals surface area contributed by atoms with E-state index in [1.807, 2.05) is 44.2 Å². The van der Waals surface area contributed by atoms with Crippen molar-refractivity contribution in [1.29, 1.82) is 0 Å². The van der Waals surface area contributed by atoms with Crippen LogP contribution in [0.2, 0.25) is 0 Å². The maximum Gasteiger partial charge on any atom is 0.245 e. The third kappa shape index (κ3) is 8.49. The molecule has 7 heteroatoms. The van der Waals surface area contributed by atoms with Crippen LogP contribution in [-0.4, -0.2) is 53.3 Å². The van der Waals surface area contributed by atoms with Gasteiger partial charge in [0.05, 0.1) is 17.9 Å². The number of aryl methyl sites for hydroxylation is 1. The van der Waals surface area contributed by atoms with E-state index in [9.17, 15) is 9.59 Å². The first-order valence-electron chi connectivity index (χ1n) is 12.9. The average Bonchev–Trinajstić information content (AvgIpc) is 3.23. The lowest BCUT2D eigenvalue weighted by molar-refractivity contribution is -0.139. The Bertz CT molecular complexity index is 961. The topological polar surface area (TPSA) is 76.5 Å². The second-order valence-electron chi connectivity index (χ2n) is 10.3. The second-order valence-corrected chi connectivity index (χ2v) is 10.3. The molecule has 1 aromatic heterocycles. The van der Waals surface area contributed by atoms with Gasteiger partial charge < -0.3 is 15.0 Å². The van der Waals surface area contributed by atoms with Crippen LogP contribution in [0.25, 0.3) is 5.69 Å². The lowest BCUT2D eigenvalue weighted by atomic mass is 9.92. The van der Waals surface area contributed by atoms with Crippen molar-refractivity contribution in [3.63, 3.8) is 0 Å². The standard InChI is InChI=1S/C28H44N4O3/c1-8-10-14-22(9-2)27(34)31(16-12-17-35-7)20-26(33)29-25-19-24(28(4,5)6)30-32(25)23-15-11-13-21(3)18-23/h11,13,15,18-19,22H,8-10,12,14,16-17,20H2,1-7H3,(H,29,33). The number of anilines is 1. The Morgan fingerprint density at radius 2 is 1.91 bits per heavy atom. The molecule has 2 rings (SSSR count). The third-order valence-electron chi connectivity index (χ3n) is 6.16. The van der Waals surface area contributed by atoms with Crippen molar-refractivity contribution in [2.75, 3.05) is 32.1 Å². The summed E-state index contributed by atoms with van der Waals surface area (Å²) in [6.07, 6.45) is 4.37. The summed E-state index contributed by atoms with van der Waals surface area (Å²) in [5.74, 6) is 0.369. The SMILES string of the molecule is CCCCC(CC)C(=O)N(CCCOC)CC(=O)Nc1cc(C(C)(C)C)nn1-c1cccc(C)c1. The third-order valence-corrected chi connectivity index (χ3v) is 6.16. The van der Waals surface area contributed by atoms with E-state index in [4.69, 9.17) is 9.84 Å². The first kappa shape index (κ1) is 28.6. The zero-order valence-corrected chi connectivity index (χ0v) is 22.7. The lowest BCUT2D eigenvalue weighted by Gasteiger charge is -2.26. The van der Waals surface area contributed by atoms with Crippen LogP contribution in [0.5, 0.6) is 0 Å². The summed E-state index contributed by atoms with van der Waals surface area (Å²) in [6.45, 7) is 13.5. The van der Waals surface area contributed by atoms with Gasteiger partial charge in [0.15, 0.2) is 0 Å². The molecule has 0 aliphatic heterocycles. The molecule has 0 saturated carbocycles. The molecule has 0 fully saturated rings. The zero-order chi connectivity index (χ0) is 26.0. The first-order chi connectivity index (χ1) is 16.6. The van der Waals surface area contributed by atoms with Crippen molar-refractivity contribution in [2.45, 2.75) is 79.1 Å². The molecule has 1 heterocycles. The Kier molecular flexibility index (Phi) is 11.0. The molecule has 0 bridgehead atoms. The monoisotopic (exact) mass is 484 g/mol. The van der Waals surface area contributed by atoms with Crippen molar-refractivity contribution in [2.24, 2.45) is 5.92 Å². The summed E-state index contributed by atoms with van der Waals surface area (Å²) in [4.78, 5) is 28.2. The minimum Gasteiger partial charge on any atom is -0.385 e. The normalized spacial score (nSPS) is 12.4. The number of carbonyl (C=O) groups is 2. The molecule has 2 amide bonds. The van der Waals surface area contributed by atoms with E-state index < -0.39 is 0 Å². The molecule has 1 aromatic carbocycles. The van der Waals surface area contributed by atoms with E-state index in [0.29, 0.717) is 25.4 Å². The van der Waals surface area contributed by atoms with Crippen molar-refractivity contribution in [3.8, 4) is 5.69 Å². The largest absolute Gasteiger partial charge is 0.385 e. The van der Waals surface area contributed by atoms with Crippen molar-refractivity contribution in [3.05, 3.63) is 41.6 Å². The van der Waals surface area contributed by atoms with Gasteiger partial charge in [0.2, 0.25) is 11.8 Å². The molecule has 0 aliphatic carbocycles. The molecule has 0 radical (unpaired) electrons. The molecule has 1 N–H and O–H groups in total. The highest BCUT2D eigenvalue weighted by Crippen LogP contribution is 2.27. The number of amides is 2. The van der Waals surface area contributed by atoms with E-state index in [2.05, 4.69) is 33.0 Å². The molecule has 0 spiro atoms. The maximum atomic E-state index is 13.3. The zero-order valence-electron chi connectivity index (χ0n) is 22.7. The molecule has 0 saturated heterocycles. The number of unbranched alkanes of at least 4 members (excludes halogenated alkanes) is 1. The Labute approximate surface area is 211 Å². The first-order valence-corrected chi connectivity index (χ1v) is 12.9. The summed E-state index contributed by atoms with van der Waals surface area (Å²) in [5.41, 5.74) is 2.70. The highest BCUT2D eigenvalue weighted by Gasteiger charge is 2.26. The fourth-order valence-corrected chi connectivity index (χ4v) is 4.03. The van der Waals surface area contributed by atoms with Gasteiger partial charge in [-0.25, -0.2) is 4.68 Å². The number of benzene rings is 1. The van der Waals surface area contributed by atoms with Crippen LogP contribution in [0, 0.1) is 12.8 Å². The smallest absolute Gasteiger partial charge is 0.245 e. The predicted molar refractivity (Wildman–Crippen MR) is 142 cm³/mol. The number of nitrogens with one attached hydrogen (secondary N) is 1. The van der Waals surface area contributed by atoms with Crippen LogP contribution in [0.4, 0.5) is 5.82 Å². The second kappa shape index (κ2) is 13.4. The van der Waals surface area contributed by atoms with Crippen LogP contribution in [0.3, 0.4) is 0 Å².